The molecule has 0 radical (unpaired) electrons. The summed E-state index contributed by atoms with van der Waals surface area (Å²) in [6.07, 6.45) is 1.99. The van der Waals surface area contributed by atoms with E-state index in [1.54, 1.807) is 11.0 Å². The Kier molecular flexibility index (Phi) is 4.32. The topological polar surface area (TPSA) is 75.0 Å². The molecule has 1 aromatic rings. The van der Waals surface area contributed by atoms with Crippen molar-refractivity contribution >= 4 is 18.3 Å². The lowest BCUT2D eigenvalue weighted by molar-refractivity contribution is 0.0703. The van der Waals surface area contributed by atoms with Gasteiger partial charge in [0.2, 0.25) is 0 Å². The molecule has 1 aliphatic rings. The zero-order valence-corrected chi connectivity index (χ0v) is 10.1. The average Bonchev–Trinajstić information content (AvgIpc) is 2.64. The van der Waals surface area contributed by atoms with Crippen LogP contribution in [0.15, 0.2) is 6.07 Å². The van der Waals surface area contributed by atoms with Gasteiger partial charge in [0.1, 0.15) is 5.69 Å². The van der Waals surface area contributed by atoms with Gasteiger partial charge in [0.15, 0.2) is 0 Å². The molecule has 1 aliphatic heterocycles. The van der Waals surface area contributed by atoms with Crippen molar-refractivity contribution in [3.63, 3.8) is 0 Å². The summed E-state index contributed by atoms with van der Waals surface area (Å²) in [7, 11) is 0. The van der Waals surface area contributed by atoms with Crippen LogP contribution in [0.5, 0.6) is 0 Å². The highest BCUT2D eigenvalue weighted by atomic mass is 35.5. The molecule has 0 bridgehead atoms. The predicted molar refractivity (Wildman–Crippen MR) is 63.7 cm³/mol. The number of hydrogen-bond acceptors (Lipinski definition) is 3. The number of halogens is 1. The van der Waals surface area contributed by atoms with Gasteiger partial charge in [-0.25, -0.2) is 0 Å². The molecule has 1 fully saturated rings. The number of carbonyl (C=O) groups excluding carboxylic acids is 1. The summed E-state index contributed by atoms with van der Waals surface area (Å²) in [5, 5.41) is 6.73. The third-order valence-corrected chi connectivity index (χ3v) is 2.67. The first-order valence-corrected chi connectivity index (χ1v) is 5.23. The Bertz CT molecular complexity index is 365. The van der Waals surface area contributed by atoms with E-state index in [9.17, 15) is 4.79 Å². The average molecular weight is 245 g/mol. The first kappa shape index (κ1) is 13.0. The number of nitrogens with two attached hydrogens (primary N) is 1. The molecule has 0 spiro atoms. The fourth-order valence-corrected chi connectivity index (χ4v) is 1.88. The molecule has 16 heavy (non-hydrogen) atoms. The molecule has 3 N–H and O–H groups in total. The summed E-state index contributed by atoms with van der Waals surface area (Å²) < 4.78 is 0. The second-order valence-corrected chi connectivity index (χ2v) is 4.09. The monoisotopic (exact) mass is 244 g/mol. The number of nitrogens with one attached hydrogen (secondary N) is 1. The van der Waals surface area contributed by atoms with E-state index in [2.05, 4.69) is 10.2 Å². The number of aromatic nitrogens is 2. The summed E-state index contributed by atoms with van der Waals surface area (Å²) in [4.78, 5) is 13.7. The van der Waals surface area contributed by atoms with E-state index in [0.29, 0.717) is 12.2 Å². The van der Waals surface area contributed by atoms with Crippen molar-refractivity contribution in [1.82, 2.24) is 15.1 Å². The van der Waals surface area contributed by atoms with Crippen LogP contribution >= 0.6 is 12.4 Å². The lowest BCUT2D eigenvalue weighted by atomic mass is 10.1. The van der Waals surface area contributed by atoms with E-state index in [1.165, 1.54) is 0 Å². The number of carbonyl (C=O) groups is 1. The third kappa shape index (κ3) is 2.74. The smallest absolute Gasteiger partial charge is 0.274 e. The van der Waals surface area contributed by atoms with Crippen LogP contribution in [0.1, 0.15) is 29.0 Å². The van der Waals surface area contributed by atoms with Crippen LogP contribution < -0.4 is 5.73 Å². The molecule has 1 atom stereocenters. The van der Waals surface area contributed by atoms with E-state index in [-0.39, 0.29) is 24.4 Å². The highest BCUT2D eigenvalue weighted by Gasteiger charge is 2.23. The molecule has 2 rings (SSSR count). The van der Waals surface area contributed by atoms with Gasteiger partial charge >= 0.3 is 0 Å². The van der Waals surface area contributed by atoms with Gasteiger partial charge in [-0.15, -0.1) is 12.4 Å². The predicted octanol–water partition coefficient (Wildman–Crippen LogP) is 0.703. The Morgan fingerprint density at radius 1 is 1.69 bits per heavy atom. The lowest BCUT2D eigenvalue weighted by Crippen LogP contribution is -2.45. The molecule has 1 saturated heterocycles. The first-order chi connectivity index (χ1) is 7.16. The Hall–Kier alpha value is -1.07. The van der Waals surface area contributed by atoms with Crippen LogP contribution in [0.4, 0.5) is 0 Å². The number of rotatable bonds is 1. The van der Waals surface area contributed by atoms with Gasteiger partial charge in [-0.2, -0.15) is 5.10 Å². The van der Waals surface area contributed by atoms with E-state index >= 15 is 0 Å². The Morgan fingerprint density at radius 3 is 3.00 bits per heavy atom. The summed E-state index contributed by atoms with van der Waals surface area (Å²) in [6, 6.07) is 1.88. The van der Waals surface area contributed by atoms with Crippen molar-refractivity contribution < 1.29 is 4.79 Å². The molecule has 1 aromatic heterocycles. The summed E-state index contributed by atoms with van der Waals surface area (Å²) in [5.41, 5.74) is 7.21. The molecule has 6 heteroatoms. The number of hydrogen-bond donors (Lipinski definition) is 2. The minimum Gasteiger partial charge on any atom is -0.336 e. The van der Waals surface area contributed by atoms with E-state index in [1.807, 2.05) is 6.92 Å². The number of likely N-dealkylation sites (tertiary alicyclic amines) is 1. The Labute approximate surface area is 101 Å². The fourth-order valence-electron chi connectivity index (χ4n) is 1.88. The van der Waals surface area contributed by atoms with Crippen LogP contribution in [-0.2, 0) is 0 Å². The van der Waals surface area contributed by atoms with Crippen molar-refractivity contribution in [2.75, 3.05) is 13.1 Å². The number of amides is 1. The van der Waals surface area contributed by atoms with Crippen LogP contribution in [0.2, 0.25) is 0 Å². The van der Waals surface area contributed by atoms with Gasteiger partial charge in [-0.3, -0.25) is 9.89 Å². The maximum Gasteiger partial charge on any atom is 0.274 e. The van der Waals surface area contributed by atoms with Crippen LogP contribution in [0, 0.1) is 6.92 Å². The van der Waals surface area contributed by atoms with Crippen LogP contribution in [0.25, 0.3) is 0 Å². The highest BCUT2D eigenvalue weighted by molar-refractivity contribution is 5.92. The van der Waals surface area contributed by atoms with Crippen molar-refractivity contribution in [3.8, 4) is 0 Å². The molecule has 2 heterocycles. The quantitative estimate of drug-likeness (QED) is 0.764. The van der Waals surface area contributed by atoms with E-state index in [0.717, 1.165) is 25.1 Å². The van der Waals surface area contributed by atoms with Crippen LogP contribution in [0.3, 0.4) is 0 Å². The zero-order chi connectivity index (χ0) is 10.8. The lowest BCUT2D eigenvalue weighted by Gasteiger charge is -2.30. The largest absolute Gasteiger partial charge is 0.336 e. The van der Waals surface area contributed by atoms with Gasteiger partial charge in [0, 0.05) is 24.8 Å². The molecular formula is C10H17ClN4O. The molecule has 0 saturated carbocycles. The Balaban J connectivity index is 0.00000128. The number of nitrogens with zero attached hydrogens (tertiary/aromatic N) is 2. The maximum absolute atomic E-state index is 11.9. The molecule has 0 aromatic carbocycles. The minimum atomic E-state index is -0.0190. The Morgan fingerprint density at radius 2 is 2.44 bits per heavy atom. The van der Waals surface area contributed by atoms with E-state index < -0.39 is 0 Å². The normalized spacial score (nSPS) is 20.4. The number of aromatic amines is 1. The molecule has 0 unspecified atom stereocenters. The van der Waals surface area contributed by atoms with Crippen molar-refractivity contribution in [3.05, 3.63) is 17.5 Å². The number of piperidine rings is 1. The SMILES string of the molecule is Cc1cc(C(=O)N2CCC[C@@H](N)C2)n[nH]1.Cl. The summed E-state index contributed by atoms with van der Waals surface area (Å²) in [5.74, 6) is -0.0190. The van der Waals surface area contributed by atoms with Crippen molar-refractivity contribution in [2.45, 2.75) is 25.8 Å². The van der Waals surface area contributed by atoms with Crippen molar-refractivity contribution in [2.24, 2.45) is 5.73 Å². The second-order valence-electron chi connectivity index (χ2n) is 4.09. The van der Waals surface area contributed by atoms with Gasteiger partial charge in [0.05, 0.1) is 0 Å². The van der Waals surface area contributed by atoms with Crippen LogP contribution in [-0.4, -0.2) is 40.1 Å². The number of aryl methyl sites for hydroxylation is 1. The van der Waals surface area contributed by atoms with Gasteiger partial charge in [0.25, 0.3) is 5.91 Å². The van der Waals surface area contributed by atoms with E-state index in [4.69, 9.17) is 5.73 Å². The van der Waals surface area contributed by atoms with Gasteiger partial charge in [-0.05, 0) is 25.8 Å². The van der Waals surface area contributed by atoms with Crippen molar-refractivity contribution in [1.29, 1.82) is 0 Å². The maximum atomic E-state index is 11.9. The summed E-state index contributed by atoms with van der Waals surface area (Å²) in [6.45, 7) is 3.31. The fraction of sp³-hybridized carbons (Fsp3) is 0.600. The van der Waals surface area contributed by atoms with Gasteiger partial charge in [-0.1, -0.05) is 0 Å². The standard InChI is InChI=1S/C10H16N4O.ClH/c1-7-5-9(13-12-7)10(15)14-4-2-3-8(11)6-14;/h5,8H,2-4,6,11H2,1H3,(H,12,13);1H/t8-;/m1./s1. The van der Waals surface area contributed by atoms with Gasteiger partial charge < -0.3 is 10.6 Å². The second kappa shape index (κ2) is 5.32. The molecule has 0 aliphatic carbocycles. The zero-order valence-electron chi connectivity index (χ0n) is 9.27. The molecular weight excluding hydrogens is 228 g/mol. The first-order valence-electron chi connectivity index (χ1n) is 5.23. The minimum absolute atomic E-state index is 0. The third-order valence-electron chi connectivity index (χ3n) is 2.67. The summed E-state index contributed by atoms with van der Waals surface area (Å²) >= 11 is 0. The molecule has 5 nitrogen and oxygen atoms in total. The highest BCUT2D eigenvalue weighted by Crippen LogP contribution is 2.11. The number of H-pyrrole nitrogens is 1. The molecule has 1 amide bonds. The molecule has 90 valence electrons.